The lowest BCUT2D eigenvalue weighted by molar-refractivity contribution is -0.137. The highest BCUT2D eigenvalue weighted by Crippen LogP contribution is 2.29. The van der Waals surface area contributed by atoms with Crippen molar-refractivity contribution in [2.45, 2.75) is 12.7 Å². The Morgan fingerprint density at radius 2 is 1.68 bits per heavy atom. The Balaban J connectivity index is 2.25. The fourth-order valence-electron chi connectivity index (χ4n) is 1.62. The summed E-state index contributed by atoms with van der Waals surface area (Å²) in [6.07, 6.45) is -2.74. The maximum Gasteiger partial charge on any atom is 0.416 e. The summed E-state index contributed by atoms with van der Waals surface area (Å²) in [5, 5.41) is 0. The summed E-state index contributed by atoms with van der Waals surface area (Å²) in [6, 6.07) is 7.78. The van der Waals surface area contributed by atoms with E-state index < -0.39 is 11.7 Å². The molecule has 0 fully saturated rings. The van der Waals surface area contributed by atoms with Crippen molar-refractivity contribution in [3.63, 3.8) is 0 Å². The van der Waals surface area contributed by atoms with E-state index in [9.17, 15) is 18.0 Å². The summed E-state index contributed by atoms with van der Waals surface area (Å²) in [5.74, 6) is 0. The molecule has 1 heterocycles. The molecule has 0 saturated carbocycles. The number of aromatic nitrogens is 1. The summed E-state index contributed by atoms with van der Waals surface area (Å²) in [7, 11) is 0. The van der Waals surface area contributed by atoms with Gasteiger partial charge in [0.2, 0.25) is 0 Å². The van der Waals surface area contributed by atoms with Crippen molar-refractivity contribution < 1.29 is 13.2 Å². The number of alkyl halides is 3. The van der Waals surface area contributed by atoms with Crippen molar-refractivity contribution in [3.05, 3.63) is 68.5 Å². The Bertz CT molecular complexity index is 632. The topological polar surface area (TPSA) is 22.0 Å². The second-order valence-electron chi connectivity index (χ2n) is 4.01. The maximum atomic E-state index is 12.4. The Hall–Kier alpha value is -1.56. The standard InChI is InChI=1S/C13H9BrF3NO/c14-11-5-6-12(19)18(8-11)7-9-1-3-10(4-2-9)13(15,16)17/h1-6,8H,7H2. The molecule has 1 aromatic carbocycles. The molecular formula is C13H9BrF3NO. The first-order valence-electron chi connectivity index (χ1n) is 5.38. The summed E-state index contributed by atoms with van der Waals surface area (Å²) in [6.45, 7) is 0.233. The zero-order valence-corrected chi connectivity index (χ0v) is 11.2. The normalized spacial score (nSPS) is 11.6. The summed E-state index contributed by atoms with van der Waals surface area (Å²) in [4.78, 5) is 11.6. The van der Waals surface area contributed by atoms with Crippen LogP contribution in [0.15, 0.2) is 51.9 Å². The number of nitrogens with zero attached hydrogens (tertiary/aromatic N) is 1. The van der Waals surface area contributed by atoms with Crippen LogP contribution in [0.3, 0.4) is 0 Å². The molecule has 0 atom stereocenters. The molecule has 0 unspecified atom stereocenters. The largest absolute Gasteiger partial charge is 0.416 e. The molecule has 2 nitrogen and oxygen atoms in total. The van der Waals surface area contributed by atoms with Crippen molar-refractivity contribution in [2.75, 3.05) is 0 Å². The molecule has 0 amide bonds. The van der Waals surface area contributed by atoms with Crippen LogP contribution in [0, 0.1) is 0 Å². The van der Waals surface area contributed by atoms with Gasteiger partial charge < -0.3 is 4.57 Å². The number of benzene rings is 1. The van der Waals surface area contributed by atoms with E-state index in [1.165, 1.54) is 22.8 Å². The quantitative estimate of drug-likeness (QED) is 0.822. The molecule has 1 aromatic heterocycles. The molecule has 100 valence electrons. The monoisotopic (exact) mass is 331 g/mol. The zero-order chi connectivity index (χ0) is 14.0. The first kappa shape index (κ1) is 13.9. The number of pyridine rings is 1. The third kappa shape index (κ3) is 3.47. The molecule has 6 heteroatoms. The number of hydrogen-bond acceptors (Lipinski definition) is 1. The van der Waals surface area contributed by atoms with Crippen LogP contribution in [0.5, 0.6) is 0 Å². The molecule has 0 aliphatic carbocycles. The summed E-state index contributed by atoms with van der Waals surface area (Å²) < 4.78 is 39.4. The lowest BCUT2D eigenvalue weighted by Gasteiger charge is -2.09. The molecule has 0 aliphatic heterocycles. The van der Waals surface area contributed by atoms with E-state index in [2.05, 4.69) is 15.9 Å². The smallest absolute Gasteiger partial charge is 0.310 e. The molecule has 2 aromatic rings. The minimum Gasteiger partial charge on any atom is -0.310 e. The summed E-state index contributed by atoms with van der Waals surface area (Å²) >= 11 is 3.24. The minimum absolute atomic E-state index is 0.205. The third-order valence-electron chi connectivity index (χ3n) is 2.58. The van der Waals surface area contributed by atoms with Gasteiger partial charge in [-0.25, -0.2) is 0 Å². The highest BCUT2D eigenvalue weighted by atomic mass is 79.9. The van der Waals surface area contributed by atoms with Gasteiger partial charge in [0.25, 0.3) is 5.56 Å². The average Bonchev–Trinajstić information content (AvgIpc) is 2.33. The van der Waals surface area contributed by atoms with Gasteiger partial charge >= 0.3 is 6.18 Å². The molecule has 0 bridgehead atoms. The fraction of sp³-hybridized carbons (Fsp3) is 0.154. The minimum atomic E-state index is -4.34. The van der Waals surface area contributed by atoms with Crippen LogP contribution in [-0.2, 0) is 12.7 Å². The van der Waals surface area contributed by atoms with Crippen molar-refractivity contribution >= 4 is 15.9 Å². The number of halogens is 4. The number of rotatable bonds is 2. The lowest BCUT2D eigenvalue weighted by Crippen LogP contribution is -2.18. The molecule has 2 rings (SSSR count). The van der Waals surface area contributed by atoms with Crippen molar-refractivity contribution in [1.82, 2.24) is 4.57 Å². The summed E-state index contributed by atoms with van der Waals surface area (Å²) in [5.41, 5.74) is -0.269. The number of hydrogen-bond donors (Lipinski definition) is 0. The Kier molecular flexibility index (Phi) is 3.80. The zero-order valence-electron chi connectivity index (χ0n) is 9.62. The predicted molar refractivity (Wildman–Crippen MR) is 68.9 cm³/mol. The van der Waals surface area contributed by atoms with Gasteiger partial charge in [-0.2, -0.15) is 13.2 Å². The molecule has 0 saturated heterocycles. The maximum absolute atomic E-state index is 12.4. The molecule has 0 radical (unpaired) electrons. The van der Waals surface area contributed by atoms with Crippen molar-refractivity contribution in [3.8, 4) is 0 Å². The van der Waals surface area contributed by atoms with Crippen LogP contribution in [0.1, 0.15) is 11.1 Å². The van der Waals surface area contributed by atoms with E-state index in [0.29, 0.717) is 5.56 Å². The van der Waals surface area contributed by atoms with Gasteiger partial charge in [-0.1, -0.05) is 12.1 Å². The lowest BCUT2D eigenvalue weighted by atomic mass is 10.1. The SMILES string of the molecule is O=c1ccc(Br)cn1Cc1ccc(C(F)(F)F)cc1. The van der Waals surface area contributed by atoms with E-state index in [-0.39, 0.29) is 12.1 Å². The highest BCUT2D eigenvalue weighted by molar-refractivity contribution is 9.10. The molecule has 0 aliphatic rings. The van der Waals surface area contributed by atoms with Crippen LogP contribution in [-0.4, -0.2) is 4.57 Å². The fourth-order valence-corrected chi connectivity index (χ4v) is 2.00. The van der Waals surface area contributed by atoms with E-state index in [0.717, 1.165) is 16.6 Å². The molecule has 0 spiro atoms. The first-order chi connectivity index (χ1) is 8.86. The Morgan fingerprint density at radius 3 is 2.26 bits per heavy atom. The van der Waals surface area contributed by atoms with Gasteiger partial charge in [-0.15, -0.1) is 0 Å². The molecule has 0 N–H and O–H groups in total. The predicted octanol–water partition coefficient (Wildman–Crippen LogP) is 3.68. The second kappa shape index (κ2) is 5.21. The van der Waals surface area contributed by atoms with Crippen LogP contribution in [0.25, 0.3) is 0 Å². The van der Waals surface area contributed by atoms with E-state index in [1.807, 2.05) is 0 Å². The molecular weight excluding hydrogens is 323 g/mol. The Morgan fingerprint density at radius 1 is 1.05 bits per heavy atom. The second-order valence-corrected chi connectivity index (χ2v) is 4.92. The van der Waals surface area contributed by atoms with Gasteiger partial charge in [-0.3, -0.25) is 4.79 Å². The van der Waals surface area contributed by atoms with Crippen molar-refractivity contribution in [2.24, 2.45) is 0 Å². The third-order valence-corrected chi connectivity index (χ3v) is 3.05. The van der Waals surface area contributed by atoms with Gasteiger partial charge in [-0.05, 0) is 39.7 Å². The van der Waals surface area contributed by atoms with E-state index >= 15 is 0 Å². The van der Waals surface area contributed by atoms with Gasteiger partial charge in [0.15, 0.2) is 0 Å². The van der Waals surface area contributed by atoms with Crippen LogP contribution >= 0.6 is 15.9 Å². The Labute approximate surface area is 115 Å². The van der Waals surface area contributed by atoms with Crippen LogP contribution in [0.4, 0.5) is 13.2 Å². The van der Waals surface area contributed by atoms with Crippen molar-refractivity contribution in [1.29, 1.82) is 0 Å². The van der Waals surface area contributed by atoms with E-state index in [1.54, 1.807) is 12.3 Å². The van der Waals surface area contributed by atoms with Gasteiger partial charge in [0.1, 0.15) is 0 Å². The first-order valence-corrected chi connectivity index (χ1v) is 6.18. The molecule has 19 heavy (non-hydrogen) atoms. The van der Waals surface area contributed by atoms with E-state index in [4.69, 9.17) is 0 Å². The van der Waals surface area contributed by atoms with Gasteiger partial charge in [0.05, 0.1) is 12.1 Å². The average molecular weight is 332 g/mol. The van der Waals surface area contributed by atoms with Crippen LogP contribution < -0.4 is 5.56 Å². The van der Waals surface area contributed by atoms with Gasteiger partial charge in [0, 0.05) is 16.7 Å². The van der Waals surface area contributed by atoms with Crippen LogP contribution in [0.2, 0.25) is 0 Å². The highest BCUT2D eigenvalue weighted by Gasteiger charge is 2.29.